The summed E-state index contributed by atoms with van der Waals surface area (Å²) in [5.74, 6) is -0.0897. The lowest BCUT2D eigenvalue weighted by Crippen LogP contribution is -2.27. The molecule has 0 aromatic rings. The molecule has 0 aromatic carbocycles. The molecule has 0 spiro atoms. The van der Waals surface area contributed by atoms with Crippen LogP contribution >= 0.6 is 0 Å². The Bertz CT molecular complexity index is 349. The van der Waals surface area contributed by atoms with Crippen LogP contribution in [-0.4, -0.2) is 33.5 Å². The van der Waals surface area contributed by atoms with Gasteiger partial charge in [0.05, 0.1) is 7.11 Å². The number of ether oxygens (including phenoxy) is 3. The normalized spacial score (nSPS) is 15.0. The standard InChI is InChI=1S/C9H13N3O4/c1-14-5-16-8-6(15-2)3-4-11-7(8)9(13)12-10/h3,10-11H,4-5H2,1-2H3. The van der Waals surface area contributed by atoms with E-state index in [2.05, 4.69) is 10.4 Å². The molecule has 2 N–H and O–H groups in total. The molecule has 0 radical (unpaired) electrons. The number of methoxy groups -OCH3 is 2. The van der Waals surface area contributed by atoms with E-state index in [0.29, 0.717) is 12.3 Å². The van der Waals surface area contributed by atoms with Crippen LogP contribution in [0.5, 0.6) is 0 Å². The first-order chi connectivity index (χ1) is 7.74. The molecule has 1 aliphatic heterocycles. The van der Waals surface area contributed by atoms with Crippen LogP contribution in [0.3, 0.4) is 0 Å². The second-order valence-corrected chi connectivity index (χ2v) is 2.83. The maximum absolute atomic E-state index is 11.3. The molecular formula is C9H13N3O4. The van der Waals surface area contributed by atoms with Gasteiger partial charge in [0.1, 0.15) is 0 Å². The van der Waals surface area contributed by atoms with E-state index in [1.165, 1.54) is 14.2 Å². The minimum Gasteiger partial charge on any atom is -0.493 e. The fourth-order valence-corrected chi connectivity index (χ4v) is 1.21. The highest BCUT2D eigenvalue weighted by Gasteiger charge is 2.23. The van der Waals surface area contributed by atoms with Gasteiger partial charge >= 0.3 is 5.91 Å². The highest BCUT2D eigenvalue weighted by molar-refractivity contribution is 5.94. The summed E-state index contributed by atoms with van der Waals surface area (Å²) in [6, 6.07) is 0. The molecule has 7 nitrogen and oxygen atoms in total. The number of rotatable bonds is 5. The zero-order chi connectivity index (χ0) is 12.0. The number of nitrogens with one attached hydrogen (secondary N) is 2. The van der Waals surface area contributed by atoms with E-state index in [1.807, 2.05) is 0 Å². The number of nitrogens with zero attached hydrogens (tertiary/aromatic N) is 1. The number of amides is 1. The Balaban J connectivity index is 3.00. The SMILES string of the molecule is COCOC1=C(C(=O)N=N)NCC=C1OC. The van der Waals surface area contributed by atoms with Gasteiger partial charge in [0.15, 0.2) is 24.0 Å². The summed E-state index contributed by atoms with van der Waals surface area (Å²) >= 11 is 0. The van der Waals surface area contributed by atoms with Crippen LogP contribution in [0.25, 0.3) is 0 Å². The number of hydrogen-bond acceptors (Lipinski definition) is 6. The van der Waals surface area contributed by atoms with Gasteiger partial charge in [0.2, 0.25) is 0 Å². The monoisotopic (exact) mass is 227 g/mol. The molecule has 0 unspecified atom stereocenters. The van der Waals surface area contributed by atoms with Crippen molar-refractivity contribution in [2.24, 2.45) is 5.11 Å². The second kappa shape index (κ2) is 5.86. The van der Waals surface area contributed by atoms with Crippen LogP contribution in [0.4, 0.5) is 0 Å². The second-order valence-electron chi connectivity index (χ2n) is 2.83. The first-order valence-electron chi connectivity index (χ1n) is 4.50. The topological polar surface area (TPSA) is 93.0 Å². The molecule has 0 saturated heterocycles. The minimum atomic E-state index is -0.714. The largest absolute Gasteiger partial charge is 0.493 e. The molecule has 7 heteroatoms. The third-order valence-electron chi connectivity index (χ3n) is 1.87. The van der Waals surface area contributed by atoms with Crippen LogP contribution < -0.4 is 5.32 Å². The number of hydrogen-bond donors (Lipinski definition) is 2. The Morgan fingerprint density at radius 1 is 1.62 bits per heavy atom. The Morgan fingerprint density at radius 3 is 2.94 bits per heavy atom. The first kappa shape index (κ1) is 12.2. The lowest BCUT2D eigenvalue weighted by molar-refractivity contribution is -0.115. The zero-order valence-electron chi connectivity index (χ0n) is 9.07. The number of carbonyl (C=O) groups excluding carboxylic acids is 1. The fourth-order valence-electron chi connectivity index (χ4n) is 1.21. The van der Waals surface area contributed by atoms with E-state index >= 15 is 0 Å². The minimum absolute atomic E-state index is 0.0213. The van der Waals surface area contributed by atoms with Crippen molar-refractivity contribution in [3.05, 3.63) is 23.3 Å². The summed E-state index contributed by atoms with van der Waals surface area (Å²) in [6.07, 6.45) is 1.71. The lowest BCUT2D eigenvalue weighted by atomic mass is 10.2. The van der Waals surface area contributed by atoms with Gasteiger partial charge in [0.25, 0.3) is 0 Å². The molecule has 16 heavy (non-hydrogen) atoms. The third kappa shape index (κ3) is 2.57. The summed E-state index contributed by atoms with van der Waals surface area (Å²) in [5, 5.41) is 5.60. The Kier molecular flexibility index (Phi) is 4.46. The fraction of sp³-hybridized carbons (Fsp3) is 0.444. The Labute approximate surface area is 92.6 Å². The molecule has 0 saturated carbocycles. The summed E-state index contributed by atoms with van der Waals surface area (Å²) in [7, 11) is 2.93. The quantitative estimate of drug-likeness (QED) is 0.527. The Hall–Kier alpha value is -1.89. The van der Waals surface area contributed by atoms with Crippen LogP contribution in [0.1, 0.15) is 0 Å². The van der Waals surface area contributed by atoms with Crippen LogP contribution in [-0.2, 0) is 19.0 Å². The number of carbonyl (C=O) groups is 1. The van der Waals surface area contributed by atoms with Crippen molar-refractivity contribution >= 4 is 5.91 Å². The van der Waals surface area contributed by atoms with Gasteiger partial charge in [-0.2, -0.15) is 0 Å². The molecule has 0 fully saturated rings. The van der Waals surface area contributed by atoms with Gasteiger partial charge in [-0.25, -0.2) is 5.53 Å². The van der Waals surface area contributed by atoms with E-state index in [0.717, 1.165) is 0 Å². The molecule has 0 atom stereocenters. The maximum atomic E-state index is 11.3. The predicted molar refractivity (Wildman–Crippen MR) is 53.2 cm³/mol. The first-order valence-corrected chi connectivity index (χ1v) is 4.50. The van der Waals surface area contributed by atoms with E-state index < -0.39 is 5.91 Å². The molecule has 1 heterocycles. The van der Waals surface area contributed by atoms with Crippen molar-refractivity contribution in [1.82, 2.24) is 5.32 Å². The van der Waals surface area contributed by atoms with Crippen molar-refractivity contribution in [3.8, 4) is 0 Å². The van der Waals surface area contributed by atoms with Gasteiger partial charge in [-0.1, -0.05) is 0 Å². The molecule has 1 aliphatic rings. The smallest absolute Gasteiger partial charge is 0.314 e. The van der Waals surface area contributed by atoms with Gasteiger partial charge in [-0.15, -0.1) is 5.11 Å². The van der Waals surface area contributed by atoms with E-state index in [1.54, 1.807) is 6.08 Å². The number of dihydropyridines is 1. The average Bonchev–Trinajstić information content (AvgIpc) is 2.34. The van der Waals surface area contributed by atoms with E-state index in [4.69, 9.17) is 19.7 Å². The molecular weight excluding hydrogens is 214 g/mol. The zero-order valence-corrected chi connectivity index (χ0v) is 9.07. The van der Waals surface area contributed by atoms with Crippen molar-refractivity contribution < 1.29 is 19.0 Å². The lowest BCUT2D eigenvalue weighted by Gasteiger charge is -2.20. The van der Waals surface area contributed by atoms with Gasteiger partial charge in [-0.3, -0.25) is 4.79 Å². The molecule has 1 amide bonds. The predicted octanol–water partition coefficient (Wildman–Crippen LogP) is 0.510. The third-order valence-corrected chi connectivity index (χ3v) is 1.87. The summed E-state index contributed by atoms with van der Waals surface area (Å²) < 4.78 is 15.0. The van der Waals surface area contributed by atoms with Gasteiger partial charge in [0, 0.05) is 13.7 Å². The molecule has 88 valence electrons. The summed E-state index contributed by atoms with van der Waals surface area (Å²) in [5.41, 5.74) is 6.79. The van der Waals surface area contributed by atoms with Crippen molar-refractivity contribution in [3.63, 3.8) is 0 Å². The Morgan fingerprint density at radius 2 is 2.38 bits per heavy atom. The van der Waals surface area contributed by atoms with Crippen LogP contribution in [0, 0.1) is 5.53 Å². The molecule has 0 aromatic heterocycles. The van der Waals surface area contributed by atoms with Gasteiger partial charge < -0.3 is 19.5 Å². The summed E-state index contributed by atoms with van der Waals surface area (Å²) in [6.45, 7) is 0.395. The molecule has 0 aliphatic carbocycles. The van der Waals surface area contributed by atoms with Crippen molar-refractivity contribution in [1.29, 1.82) is 5.53 Å². The van der Waals surface area contributed by atoms with Crippen LogP contribution in [0.15, 0.2) is 28.4 Å². The highest BCUT2D eigenvalue weighted by atomic mass is 16.7. The van der Waals surface area contributed by atoms with Gasteiger partial charge in [-0.05, 0) is 6.08 Å². The van der Waals surface area contributed by atoms with E-state index in [-0.39, 0.29) is 18.2 Å². The van der Waals surface area contributed by atoms with Crippen molar-refractivity contribution in [2.45, 2.75) is 0 Å². The summed E-state index contributed by atoms with van der Waals surface area (Å²) in [4.78, 5) is 11.3. The molecule has 1 rings (SSSR count). The maximum Gasteiger partial charge on any atom is 0.314 e. The van der Waals surface area contributed by atoms with E-state index in [9.17, 15) is 4.79 Å². The van der Waals surface area contributed by atoms with Crippen molar-refractivity contribution in [2.75, 3.05) is 27.6 Å². The highest BCUT2D eigenvalue weighted by Crippen LogP contribution is 2.20. The van der Waals surface area contributed by atoms with Crippen LogP contribution in [0.2, 0.25) is 0 Å². The average molecular weight is 227 g/mol. The molecule has 0 bridgehead atoms.